The van der Waals surface area contributed by atoms with Gasteiger partial charge in [0.2, 0.25) is 0 Å². The first kappa shape index (κ1) is 58.9. The highest BCUT2D eigenvalue weighted by Gasteiger charge is 2.26. The van der Waals surface area contributed by atoms with Crippen LogP contribution in [0.15, 0.2) is 24.3 Å². The topological polar surface area (TPSA) is 132 Å². The highest BCUT2D eigenvalue weighted by molar-refractivity contribution is 7.47. The molecule has 0 radical (unpaired) electrons. The average Bonchev–Trinajstić information content (AvgIpc) is 3.24. The van der Waals surface area contributed by atoms with Gasteiger partial charge in [-0.15, -0.1) is 0 Å². The van der Waals surface area contributed by atoms with Gasteiger partial charge in [-0.05, 0) is 64.2 Å². The van der Waals surface area contributed by atoms with Crippen molar-refractivity contribution in [1.82, 2.24) is 0 Å². The number of hydrogen-bond donors (Lipinski definition) is 3. The van der Waals surface area contributed by atoms with Gasteiger partial charge in [0.1, 0.15) is 12.2 Å². The molecule has 0 aromatic carbocycles. The number of ether oxygens (including phenoxy) is 2. The Morgan fingerprint density at radius 2 is 0.850 bits per heavy atom. The van der Waals surface area contributed by atoms with Crippen molar-refractivity contribution in [1.29, 1.82) is 0 Å². The van der Waals surface area contributed by atoms with Crippen molar-refractivity contribution in [3.8, 4) is 0 Å². The lowest BCUT2D eigenvalue weighted by molar-refractivity contribution is -0.154. The highest BCUT2D eigenvalue weighted by atomic mass is 31.2. The van der Waals surface area contributed by atoms with Crippen molar-refractivity contribution in [2.45, 2.75) is 257 Å². The molecule has 0 heterocycles. The second kappa shape index (κ2) is 47.4. The lowest BCUT2D eigenvalue weighted by Gasteiger charge is -2.20. The SMILES string of the molecule is CCCCCCCC/C=C\CCCCCCCCOCC(COP(=O)(O)OCC(O)CO)OC(=O)CCCCCCCCCCCCC/C=C\CCCCCCCCCC. The van der Waals surface area contributed by atoms with Crippen LogP contribution in [-0.2, 0) is 27.9 Å². The number of carbonyl (C=O) groups excluding carboxylic acids is 1. The molecule has 0 aliphatic heterocycles. The van der Waals surface area contributed by atoms with Crippen LogP contribution in [0.1, 0.15) is 245 Å². The molecule has 0 aliphatic rings. The van der Waals surface area contributed by atoms with Gasteiger partial charge in [0.25, 0.3) is 0 Å². The van der Waals surface area contributed by atoms with Gasteiger partial charge in [0.15, 0.2) is 0 Å². The number of carbonyl (C=O) groups is 1. The minimum Gasteiger partial charge on any atom is -0.457 e. The lowest BCUT2D eigenvalue weighted by atomic mass is 10.0. The number of aliphatic hydroxyl groups excluding tert-OH is 2. The predicted molar refractivity (Wildman–Crippen MR) is 251 cm³/mol. The molecule has 0 rings (SSSR count). The van der Waals surface area contributed by atoms with Crippen LogP contribution in [-0.4, -0.2) is 66.3 Å². The molecule has 0 aliphatic carbocycles. The monoisotopic (exact) mass is 873 g/mol. The van der Waals surface area contributed by atoms with Crippen molar-refractivity contribution < 1.29 is 43.0 Å². The number of unbranched alkanes of at least 4 members (excludes halogenated alkanes) is 31. The Hall–Kier alpha value is -1.06. The Morgan fingerprint density at radius 1 is 0.500 bits per heavy atom. The van der Waals surface area contributed by atoms with E-state index in [-0.39, 0.29) is 25.6 Å². The van der Waals surface area contributed by atoms with Gasteiger partial charge in [0.05, 0.1) is 26.4 Å². The molecule has 0 aromatic rings. The third-order valence-corrected chi connectivity index (χ3v) is 12.1. The van der Waals surface area contributed by atoms with Crippen LogP contribution in [0.25, 0.3) is 0 Å². The zero-order chi connectivity index (χ0) is 43.9. The second-order valence-electron chi connectivity index (χ2n) is 17.2. The number of rotatable bonds is 49. The van der Waals surface area contributed by atoms with E-state index in [2.05, 4.69) is 38.2 Å². The molecule has 0 aromatic heterocycles. The molecule has 0 bridgehead atoms. The minimum atomic E-state index is -4.52. The van der Waals surface area contributed by atoms with Crippen molar-refractivity contribution in [3.05, 3.63) is 24.3 Å². The third kappa shape index (κ3) is 46.4. The third-order valence-electron chi connectivity index (χ3n) is 11.1. The first-order valence-electron chi connectivity index (χ1n) is 25.3. The van der Waals surface area contributed by atoms with Crippen LogP contribution >= 0.6 is 7.82 Å². The molecule has 0 fully saturated rings. The number of allylic oxidation sites excluding steroid dienone is 4. The standard InChI is InChI=1S/C50H97O9P/c1-3-5-7-9-11-13-15-17-19-21-22-23-24-25-26-27-28-30-32-34-36-38-40-42-50(53)59-49(47-58-60(54,55)57-45-48(52)44-51)46-56-43-41-39-37-35-33-31-29-20-18-16-14-12-10-8-6-4-2/h18,20-22,48-49,51-52H,3-17,19,23-47H2,1-2H3,(H,54,55)/b20-18-,22-21-. The van der Waals surface area contributed by atoms with E-state index in [0.717, 1.165) is 44.9 Å². The zero-order valence-corrected chi connectivity index (χ0v) is 40.1. The maximum atomic E-state index is 12.7. The number of aliphatic hydroxyl groups is 2. The molecule has 3 unspecified atom stereocenters. The molecule has 3 atom stereocenters. The van der Waals surface area contributed by atoms with E-state index in [0.29, 0.717) is 6.61 Å². The van der Waals surface area contributed by atoms with E-state index in [1.165, 1.54) is 180 Å². The number of phosphoric ester groups is 1. The van der Waals surface area contributed by atoms with E-state index >= 15 is 0 Å². The average molecular weight is 873 g/mol. The second-order valence-corrected chi connectivity index (χ2v) is 18.6. The summed E-state index contributed by atoms with van der Waals surface area (Å²) in [6.45, 7) is 3.54. The Balaban J connectivity index is 4.05. The van der Waals surface area contributed by atoms with Crippen molar-refractivity contribution in [2.75, 3.05) is 33.0 Å². The van der Waals surface area contributed by atoms with Gasteiger partial charge in [0, 0.05) is 13.0 Å². The van der Waals surface area contributed by atoms with Crippen LogP contribution in [0.5, 0.6) is 0 Å². The van der Waals surface area contributed by atoms with Gasteiger partial charge in [-0.3, -0.25) is 13.8 Å². The predicted octanol–water partition coefficient (Wildman–Crippen LogP) is 14.6. The Labute approximate surface area is 370 Å². The van der Waals surface area contributed by atoms with Crippen LogP contribution < -0.4 is 0 Å². The van der Waals surface area contributed by atoms with Crippen LogP contribution in [0, 0.1) is 0 Å². The smallest absolute Gasteiger partial charge is 0.457 e. The minimum absolute atomic E-state index is 0.0481. The molecule has 356 valence electrons. The molecule has 0 spiro atoms. The fraction of sp³-hybridized carbons (Fsp3) is 0.900. The molecular formula is C50H97O9P. The maximum absolute atomic E-state index is 12.7. The highest BCUT2D eigenvalue weighted by Crippen LogP contribution is 2.43. The summed E-state index contributed by atoms with van der Waals surface area (Å²) in [6, 6.07) is 0. The van der Waals surface area contributed by atoms with Crippen molar-refractivity contribution in [3.63, 3.8) is 0 Å². The van der Waals surface area contributed by atoms with E-state index in [4.69, 9.17) is 23.6 Å². The molecule has 0 amide bonds. The van der Waals surface area contributed by atoms with Gasteiger partial charge in [-0.2, -0.15) is 0 Å². The Bertz CT molecular complexity index is 991. The fourth-order valence-electron chi connectivity index (χ4n) is 7.23. The van der Waals surface area contributed by atoms with E-state index in [9.17, 15) is 19.4 Å². The van der Waals surface area contributed by atoms with E-state index in [1.54, 1.807) is 0 Å². The quantitative estimate of drug-likeness (QED) is 0.0237. The zero-order valence-electron chi connectivity index (χ0n) is 39.2. The van der Waals surface area contributed by atoms with Crippen LogP contribution in [0.2, 0.25) is 0 Å². The summed E-state index contributed by atoms with van der Waals surface area (Å²) in [7, 11) is -4.52. The van der Waals surface area contributed by atoms with Crippen molar-refractivity contribution >= 4 is 13.8 Å². The van der Waals surface area contributed by atoms with E-state index in [1.807, 2.05) is 0 Å². The molecule has 3 N–H and O–H groups in total. The normalized spacial score (nSPS) is 14.0. The maximum Gasteiger partial charge on any atom is 0.472 e. The van der Waals surface area contributed by atoms with E-state index < -0.39 is 33.2 Å². The fourth-order valence-corrected chi connectivity index (χ4v) is 8.02. The first-order chi connectivity index (χ1) is 29.3. The summed E-state index contributed by atoms with van der Waals surface area (Å²) in [5.74, 6) is -0.382. The van der Waals surface area contributed by atoms with Gasteiger partial charge >= 0.3 is 13.8 Å². The molecule has 0 saturated carbocycles. The summed E-state index contributed by atoms with van der Waals surface area (Å²) in [5.41, 5.74) is 0. The summed E-state index contributed by atoms with van der Waals surface area (Å²) < 4.78 is 33.5. The molecule has 60 heavy (non-hydrogen) atoms. The van der Waals surface area contributed by atoms with Crippen LogP contribution in [0.4, 0.5) is 0 Å². The molecule has 9 nitrogen and oxygen atoms in total. The van der Waals surface area contributed by atoms with Gasteiger partial charge in [-0.1, -0.05) is 199 Å². The summed E-state index contributed by atoms with van der Waals surface area (Å²) in [5, 5.41) is 18.4. The summed E-state index contributed by atoms with van der Waals surface area (Å²) >= 11 is 0. The van der Waals surface area contributed by atoms with Gasteiger partial charge in [-0.25, -0.2) is 4.57 Å². The Kier molecular flexibility index (Phi) is 46.6. The van der Waals surface area contributed by atoms with Crippen molar-refractivity contribution in [2.24, 2.45) is 0 Å². The Morgan fingerprint density at radius 3 is 1.25 bits per heavy atom. The van der Waals surface area contributed by atoms with Gasteiger partial charge < -0.3 is 24.6 Å². The summed E-state index contributed by atoms with van der Waals surface area (Å²) in [4.78, 5) is 22.7. The lowest BCUT2D eigenvalue weighted by Crippen LogP contribution is -2.29. The largest absolute Gasteiger partial charge is 0.472 e. The number of hydrogen-bond acceptors (Lipinski definition) is 8. The molecular weight excluding hydrogens is 776 g/mol. The molecule has 0 saturated heterocycles. The molecule has 10 heteroatoms. The number of esters is 1. The number of phosphoric acid groups is 1. The first-order valence-corrected chi connectivity index (χ1v) is 26.8. The van der Waals surface area contributed by atoms with Crippen LogP contribution in [0.3, 0.4) is 0 Å². The summed E-state index contributed by atoms with van der Waals surface area (Å²) in [6.07, 6.45) is 51.4.